The lowest BCUT2D eigenvalue weighted by Gasteiger charge is -2.36. The molecule has 1 saturated carbocycles. The largest absolute Gasteiger partial charge is 0.319 e. The fourth-order valence-corrected chi connectivity index (χ4v) is 1.18. The van der Waals surface area contributed by atoms with Crippen molar-refractivity contribution >= 4 is 18.2 Å². The highest BCUT2D eigenvalue weighted by Crippen LogP contribution is 2.31. The number of hydrogen-bond donors (Lipinski definition) is 1. The van der Waals surface area contributed by atoms with Crippen molar-refractivity contribution in [3.8, 4) is 0 Å². The van der Waals surface area contributed by atoms with Gasteiger partial charge in [-0.2, -0.15) is 0 Å². The van der Waals surface area contributed by atoms with Gasteiger partial charge in [-0.15, -0.1) is 12.4 Å². The Balaban J connectivity index is 0.00000121. The van der Waals surface area contributed by atoms with Crippen molar-refractivity contribution in [3.63, 3.8) is 0 Å². The van der Waals surface area contributed by atoms with Crippen molar-refractivity contribution in [2.45, 2.75) is 37.6 Å². The standard InChI is InChI=1S/C7H11F2NO.ClH/c8-6(9)4-5(11)7(10)2-1-3-7;/h6H,1-4,10H2;1H. The lowest BCUT2D eigenvalue weighted by atomic mass is 9.74. The number of alkyl halides is 2. The summed E-state index contributed by atoms with van der Waals surface area (Å²) in [6.07, 6.45) is -1.22. The van der Waals surface area contributed by atoms with Crippen LogP contribution in [0.2, 0.25) is 0 Å². The molecule has 0 aromatic carbocycles. The van der Waals surface area contributed by atoms with Gasteiger partial charge in [-0.25, -0.2) is 8.78 Å². The summed E-state index contributed by atoms with van der Waals surface area (Å²) in [6.45, 7) is 0. The molecule has 0 radical (unpaired) electrons. The van der Waals surface area contributed by atoms with Gasteiger partial charge in [0.25, 0.3) is 0 Å². The summed E-state index contributed by atoms with van der Waals surface area (Å²) in [5, 5.41) is 0. The molecule has 2 N–H and O–H groups in total. The predicted octanol–water partition coefficient (Wildman–Crippen LogP) is 1.51. The predicted molar refractivity (Wildman–Crippen MR) is 43.6 cm³/mol. The molecule has 0 bridgehead atoms. The van der Waals surface area contributed by atoms with Gasteiger partial charge in [-0.3, -0.25) is 4.79 Å². The average molecular weight is 200 g/mol. The third-order valence-electron chi connectivity index (χ3n) is 2.14. The first-order valence-corrected chi connectivity index (χ1v) is 3.65. The maximum absolute atomic E-state index is 11.7. The number of Topliss-reactive ketones (excluding diaryl/α,β-unsaturated/α-hetero) is 1. The van der Waals surface area contributed by atoms with E-state index in [1.807, 2.05) is 0 Å². The van der Waals surface area contributed by atoms with Crippen LogP contribution >= 0.6 is 12.4 Å². The number of ketones is 1. The van der Waals surface area contributed by atoms with Crippen molar-refractivity contribution in [2.24, 2.45) is 5.73 Å². The van der Waals surface area contributed by atoms with Gasteiger partial charge < -0.3 is 5.73 Å². The maximum atomic E-state index is 11.7. The molecular formula is C7H12ClF2NO. The third-order valence-corrected chi connectivity index (χ3v) is 2.14. The van der Waals surface area contributed by atoms with Crippen LogP contribution in [0.4, 0.5) is 8.78 Å². The Hall–Kier alpha value is -0.220. The van der Waals surface area contributed by atoms with Gasteiger partial charge in [0.1, 0.15) is 0 Å². The maximum Gasteiger partial charge on any atom is 0.245 e. The molecule has 0 heterocycles. The average Bonchev–Trinajstić information content (AvgIpc) is 1.81. The molecule has 0 atom stereocenters. The quantitative estimate of drug-likeness (QED) is 0.749. The molecule has 1 aliphatic rings. The number of rotatable bonds is 3. The SMILES string of the molecule is Cl.NC1(C(=O)CC(F)F)CCC1. The van der Waals surface area contributed by atoms with E-state index in [0.29, 0.717) is 12.8 Å². The summed E-state index contributed by atoms with van der Waals surface area (Å²) in [7, 11) is 0. The Labute approximate surface area is 75.9 Å². The third kappa shape index (κ3) is 2.38. The van der Waals surface area contributed by atoms with Crippen LogP contribution in [-0.4, -0.2) is 17.7 Å². The summed E-state index contributed by atoms with van der Waals surface area (Å²) >= 11 is 0. The van der Waals surface area contributed by atoms with Crippen molar-refractivity contribution in [1.29, 1.82) is 0 Å². The van der Waals surface area contributed by atoms with Gasteiger partial charge in [-0.05, 0) is 19.3 Å². The zero-order valence-corrected chi connectivity index (χ0v) is 7.37. The minimum Gasteiger partial charge on any atom is -0.319 e. The van der Waals surface area contributed by atoms with Gasteiger partial charge in [0.2, 0.25) is 6.43 Å². The molecule has 0 aromatic rings. The lowest BCUT2D eigenvalue weighted by molar-refractivity contribution is -0.129. The summed E-state index contributed by atoms with van der Waals surface area (Å²) in [5.74, 6) is -0.487. The highest BCUT2D eigenvalue weighted by Gasteiger charge is 2.40. The Bertz CT molecular complexity index is 171. The topological polar surface area (TPSA) is 43.1 Å². The van der Waals surface area contributed by atoms with E-state index in [4.69, 9.17) is 5.73 Å². The molecule has 0 saturated heterocycles. The molecule has 0 unspecified atom stereocenters. The molecule has 12 heavy (non-hydrogen) atoms. The van der Waals surface area contributed by atoms with E-state index in [-0.39, 0.29) is 12.4 Å². The van der Waals surface area contributed by atoms with Gasteiger partial charge in [0.05, 0.1) is 12.0 Å². The van der Waals surface area contributed by atoms with E-state index in [1.54, 1.807) is 0 Å². The summed E-state index contributed by atoms with van der Waals surface area (Å²) in [4.78, 5) is 11.0. The number of hydrogen-bond acceptors (Lipinski definition) is 2. The number of nitrogens with two attached hydrogens (primary N) is 1. The minimum atomic E-state index is -2.55. The number of carbonyl (C=O) groups excluding carboxylic acids is 1. The van der Waals surface area contributed by atoms with E-state index in [9.17, 15) is 13.6 Å². The van der Waals surface area contributed by atoms with Crippen molar-refractivity contribution in [1.82, 2.24) is 0 Å². The van der Waals surface area contributed by atoms with Crippen LogP contribution in [0, 0.1) is 0 Å². The highest BCUT2D eigenvalue weighted by molar-refractivity contribution is 5.89. The van der Waals surface area contributed by atoms with Crippen molar-refractivity contribution < 1.29 is 13.6 Å². The van der Waals surface area contributed by atoms with Crippen molar-refractivity contribution in [2.75, 3.05) is 0 Å². The summed E-state index contributed by atoms with van der Waals surface area (Å²) < 4.78 is 23.4. The van der Waals surface area contributed by atoms with Crippen LogP contribution in [0.15, 0.2) is 0 Å². The smallest absolute Gasteiger partial charge is 0.245 e. The zero-order valence-electron chi connectivity index (χ0n) is 6.56. The van der Waals surface area contributed by atoms with Crippen LogP contribution in [0.5, 0.6) is 0 Å². The van der Waals surface area contributed by atoms with Gasteiger partial charge in [0, 0.05) is 0 Å². The van der Waals surface area contributed by atoms with E-state index < -0.39 is 24.2 Å². The van der Waals surface area contributed by atoms with Crippen LogP contribution in [-0.2, 0) is 4.79 Å². The first-order chi connectivity index (χ1) is 5.04. The lowest BCUT2D eigenvalue weighted by Crippen LogP contribution is -2.53. The van der Waals surface area contributed by atoms with E-state index in [1.165, 1.54) is 0 Å². The molecule has 1 rings (SSSR count). The van der Waals surface area contributed by atoms with Gasteiger partial charge >= 0.3 is 0 Å². The molecule has 0 aliphatic heterocycles. The molecule has 0 spiro atoms. The molecule has 72 valence electrons. The zero-order chi connectivity index (χ0) is 8.48. The molecular weight excluding hydrogens is 188 g/mol. The molecule has 0 aromatic heterocycles. The number of carbonyl (C=O) groups is 1. The first kappa shape index (κ1) is 11.8. The van der Waals surface area contributed by atoms with Gasteiger partial charge in [0.15, 0.2) is 5.78 Å². The Kier molecular flexibility index (Phi) is 4.06. The monoisotopic (exact) mass is 199 g/mol. The van der Waals surface area contributed by atoms with Crippen molar-refractivity contribution in [3.05, 3.63) is 0 Å². The van der Waals surface area contributed by atoms with E-state index in [2.05, 4.69) is 0 Å². The highest BCUT2D eigenvalue weighted by atomic mass is 35.5. The molecule has 2 nitrogen and oxygen atoms in total. The van der Waals surface area contributed by atoms with Crippen LogP contribution in [0.1, 0.15) is 25.7 Å². The van der Waals surface area contributed by atoms with Gasteiger partial charge in [-0.1, -0.05) is 0 Å². The summed E-state index contributed by atoms with van der Waals surface area (Å²) in [6, 6.07) is 0. The fraction of sp³-hybridized carbons (Fsp3) is 0.857. The number of halogens is 3. The van der Waals surface area contributed by atoms with Crippen LogP contribution in [0.25, 0.3) is 0 Å². The molecule has 5 heteroatoms. The minimum absolute atomic E-state index is 0. The molecule has 0 amide bonds. The first-order valence-electron chi connectivity index (χ1n) is 3.65. The molecule has 1 aliphatic carbocycles. The second-order valence-corrected chi connectivity index (χ2v) is 3.03. The van der Waals surface area contributed by atoms with Crippen LogP contribution < -0.4 is 5.73 Å². The Morgan fingerprint density at radius 2 is 2.00 bits per heavy atom. The van der Waals surface area contributed by atoms with Crippen LogP contribution in [0.3, 0.4) is 0 Å². The second-order valence-electron chi connectivity index (χ2n) is 3.03. The summed E-state index contributed by atoms with van der Waals surface area (Å²) in [5.41, 5.74) is 4.61. The normalized spacial score (nSPS) is 19.7. The van der Waals surface area contributed by atoms with E-state index in [0.717, 1.165) is 6.42 Å². The Morgan fingerprint density at radius 3 is 2.25 bits per heavy atom. The fourth-order valence-electron chi connectivity index (χ4n) is 1.18. The molecule has 1 fully saturated rings. The second kappa shape index (κ2) is 4.14. The van der Waals surface area contributed by atoms with E-state index >= 15 is 0 Å². The Morgan fingerprint density at radius 1 is 1.50 bits per heavy atom.